The minimum Gasteiger partial charge on any atom is -0.331 e. The summed E-state index contributed by atoms with van der Waals surface area (Å²) >= 11 is 0. The number of rotatable bonds is 6. The van der Waals surface area contributed by atoms with Crippen LogP contribution in [0.4, 0.5) is 0 Å². The van der Waals surface area contributed by atoms with Gasteiger partial charge in [0.1, 0.15) is 5.82 Å². The first-order valence-corrected chi connectivity index (χ1v) is 7.25. The van der Waals surface area contributed by atoms with Crippen molar-refractivity contribution in [1.29, 1.82) is 0 Å². The van der Waals surface area contributed by atoms with Crippen molar-refractivity contribution in [3.8, 4) is 0 Å². The summed E-state index contributed by atoms with van der Waals surface area (Å²) in [5.74, 6) is 1.88. The van der Waals surface area contributed by atoms with Gasteiger partial charge in [-0.15, -0.1) is 0 Å². The lowest BCUT2D eigenvalue weighted by atomic mass is 10.0. The molecule has 0 bridgehead atoms. The van der Waals surface area contributed by atoms with Crippen LogP contribution in [-0.2, 0) is 13.5 Å². The normalized spacial score (nSPS) is 13.3. The Labute approximate surface area is 116 Å². The summed E-state index contributed by atoms with van der Waals surface area (Å²) in [4.78, 5) is 4.76. The quantitative estimate of drug-likeness (QED) is 0.863. The fourth-order valence-corrected chi connectivity index (χ4v) is 2.69. The number of likely N-dealkylation sites (N-methyl/N-ethyl adjacent to an activating group) is 1. The van der Waals surface area contributed by atoms with Crippen LogP contribution >= 0.6 is 0 Å². The lowest BCUT2D eigenvalue weighted by molar-refractivity contribution is 0.416. The van der Waals surface area contributed by atoms with Gasteiger partial charge in [0.15, 0.2) is 0 Å². The average molecular weight is 259 g/mol. The molecule has 1 unspecified atom stereocenters. The van der Waals surface area contributed by atoms with E-state index in [1.165, 1.54) is 17.8 Å². The zero-order chi connectivity index (χ0) is 13.8. The molecule has 1 aromatic carbocycles. The highest BCUT2D eigenvalue weighted by Crippen LogP contribution is 2.17. The lowest BCUT2D eigenvalue weighted by Crippen LogP contribution is -2.33. The van der Waals surface area contributed by atoms with Crippen LogP contribution < -0.4 is 5.32 Å². The number of hydrogen-bond donors (Lipinski definition) is 1. The molecule has 1 aromatic heterocycles. The van der Waals surface area contributed by atoms with E-state index in [2.05, 4.69) is 62.0 Å². The molecule has 0 saturated heterocycles. The second-order valence-electron chi connectivity index (χ2n) is 5.66. The van der Waals surface area contributed by atoms with E-state index in [0.29, 0.717) is 12.0 Å². The van der Waals surface area contributed by atoms with Gasteiger partial charge in [0.05, 0.1) is 11.0 Å². The molecule has 19 heavy (non-hydrogen) atoms. The zero-order valence-corrected chi connectivity index (χ0v) is 12.5. The molecule has 0 amide bonds. The molecular weight excluding hydrogens is 234 g/mol. The van der Waals surface area contributed by atoms with Crippen molar-refractivity contribution in [3.63, 3.8) is 0 Å². The number of fused-ring (bicyclic) bond motifs is 1. The highest BCUT2D eigenvalue weighted by atomic mass is 15.1. The fourth-order valence-electron chi connectivity index (χ4n) is 2.69. The highest BCUT2D eigenvalue weighted by molar-refractivity contribution is 5.75. The third kappa shape index (κ3) is 3.35. The number of hydrogen-bond acceptors (Lipinski definition) is 2. The number of benzene rings is 1. The largest absolute Gasteiger partial charge is 0.331 e. The van der Waals surface area contributed by atoms with E-state index in [9.17, 15) is 0 Å². The minimum atomic E-state index is 0.514. The Bertz CT molecular complexity index is 528. The summed E-state index contributed by atoms with van der Waals surface area (Å²) in [5.41, 5.74) is 2.32. The van der Waals surface area contributed by atoms with Crippen LogP contribution in [0.5, 0.6) is 0 Å². The standard InChI is InChI=1S/C16H25N3/c1-5-17-13(10-12(2)3)11-16-18-14-8-6-7-9-15(14)19(16)4/h6-9,12-13,17H,5,10-11H2,1-4H3. The third-order valence-electron chi connectivity index (χ3n) is 3.56. The monoisotopic (exact) mass is 259 g/mol. The average Bonchev–Trinajstić information content (AvgIpc) is 2.67. The summed E-state index contributed by atoms with van der Waals surface area (Å²) in [6.07, 6.45) is 2.19. The van der Waals surface area contributed by atoms with Gasteiger partial charge in [-0.05, 0) is 31.0 Å². The second-order valence-corrected chi connectivity index (χ2v) is 5.66. The molecule has 0 spiro atoms. The molecule has 1 heterocycles. The predicted molar refractivity (Wildman–Crippen MR) is 81.3 cm³/mol. The summed E-state index contributed by atoms with van der Waals surface area (Å²) in [5, 5.41) is 3.58. The first-order chi connectivity index (χ1) is 9.11. The molecule has 0 fully saturated rings. The highest BCUT2D eigenvalue weighted by Gasteiger charge is 2.15. The minimum absolute atomic E-state index is 0.514. The molecular formula is C16H25N3. The van der Waals surface area contributed by atoms with Gasteiger partial charge in [-0.3, -0.25) is 0 Å². The maximum atomic E-state index is 4.76. The Morgan fingerprint density at radius 2 is 2.00 bits per heavy atom. The Morgan fingerprint density at radius 3 is 2.63 bits per heavy atom. The molecule has 1 atom stereocenters. The van der Waals surface area contributed by atoms with Crippen molar-refractivity contribution in [1.82, 2.24) is 14.9 Å². The predicted octanol–water partition coefficient (Wildman–Crippen LogP) is 3.14. The molecule has 0 radical (unpaired) electrons. The van der Waals surface area contributed by atoms with Gasteiger partial charge in [0.2, 0.25) is 0 Å². The Morgan fingerprint density at radius 1 is 1.26 bits per heavy atom. The second kappa shape index (κ2) is 6.20. The van der Waals surface area contributed by atoms with Crippen molar-refractivity contribution < 1.29 is 0 Å². The SMILES string of the molecule is CCNC(Cc1nc2ccccc2n1C)CC(C)C. The molecule has 3 nitrogen and oxygen atoms in total. The van der Waals surface area contributed by atoms with Crippen LogP contribution in [0.15, 0.2) is 24.3 Å². The van der Waals surface area contributed by atoms with Crippen molar-refractivity contribution >= 4 is 11.0 Å². The topological polar surface area (TPSA) is 29.9 Å². The first-order valence-electron chi connectivity index (χ1n) is 7.25. The molecule has 3 heteroatoms. The number of nitrogens with zero attached hydrogens (tertiary/aromatic N) is 2. The van der Waals surface area contributed by atoms with Crippen LogP contribution in [0.25, 0.3) is 11.0 Å². The van der Waals surface area contributed by atoms with E-state index in [1.807, 2.05) is 0 Å². The fraction of sp³-hybridized carbons (Fsp3) is 0.562. The van der Waals surface area contributed by atoms with Crippen molar-refractivity contribution in [2.75, 3.05) is 6.54 Å². The van der Waals surface area contributed by atoms with Crippen molar-refractivity contribution in [3.05, 3.63) is 30.1 Å². The summed E-state index contributed by atoms with van der Waals surface area (Å²) in [7, 11) is 2.11. The summed E-state index contributed by atoms with van der Waals surface area (Å²) < 4.78 is 2.22. The number of aromatic nitrogens is 2. The molecule has 2 rings (SSSR count). The molecule has 0 aliphatic carbocycles. The van der Waals surface area contributed by atoms with Gasteiger partial charge in [-0.2, -0.15) is 0 Å². The third-order valence-corrected chi connectivity index (χ3v) is 3.56. The Hall–Kier alpha value is -1.35. The van der Waals surface area contributed by atoms with E-state index in [4.69, 9.17) is 4.98 Å². The van der Waals surface area contributed by atoms with Gasteiger partial charge >= 0.3 is 0 Å². The van der Waals surface area contributed by atoms with E-state index < -0.39 is 0 Å². The zero-order valence-electron chi connectivity index (χ0n) is 12.5. The van der Waals surface area contributed by atoms with Crippen LogP contribution in [0.2, 0.25) is 0 Å². The first kappa shape index (κ1) is 14.1. The Balaban J connectivity index is 2.20. The van der Waals surface area contributed by atoms with Gasteiger partial charge < -0.3 is 9.88 Å². The van der Waals surface area contributed by atoms with E-state index in [0.717, 1.165) is 18.5 Å². The Kier molecular flexibility index (Phi) is 4.59. The molecule has 0 aliphatic heterocycles. The summed E-state index contributed by atoms with van der Waals surface area (Å²) in [6, 6.07) is 8.86. The van der Waals surface area contributed by atoms with E-state index in [-0.39, 0.29) is 0 Å². The van der Waals surface area contributed by atoms with Crippen LogP contribution in [0.1, 0.15) is 33.0 Å². The molecule has 2 aromatic rings. The summed E-state index contributed by atoms with van der Waals surface area (Å²) in [6.45, 7) is 7.74. The van der Waals surface area contributed by atoms with E-state index >= 15 is 0 Å². The van der Waals surface area contributed by atoms with Gasteiger partial charge in [0.25, 0.3) is 0 Å². The molecule has 0 aliphatic rings. The number of para-hydroxylation sites is 2. The molecule has 104 valence electrons. The van der Waals surface area contributed by atoms with Gasteiger partial charge in [-0.25, -0.2) is 4.98 Å². The lowest BCUT2D eigenvalue weighted by Gasteiger charge is -2.19. The number of imidazole rings is 1. The molecule has 1 N–H and O–H groups in total. The number of nitrogens with one attached hydrogen (secondary N) is 1. The molecule has 0 saturated carbocycles. The van der Waals surface area contributed by atoms with Crippen LogP contribution in [-0.4, -0.2) is 22.1 Å². The van der Waals surface area contributed by atoms with E-state index in [1.54, 1.807) is 0 Å². The smallest absolute Gasteiger partial charge is 0.111 e. The van der Waals surface area contributed by atoms with Crippen LogP contribution in [0.3, 0.4) is 0 Å². The maximum Gasteiger partial charge on any atom is 0.111 e. The van der Waals surface area contributed by atoms with Crippen molar-refractivity contribution in [2.45, 2.75) is 39.7 Å². The maximum absolute atomic E-state index is 4.76. The van der Waals surface area contributed by atoms with Gasteiger partial charge in [-0.1, -0.05) is 32.9 Å². The number of aryl methyl sites for hydroxylation is 1. The van der Waals surface area contributed by atoms with Crippen LogP contribution in [0, 0.1) is 5.92 Å². The van der Waals surface area contributed by atoms with Gasteiger partial charge in [0, 0.05) is 19.5 Å². The van der Waals surface area contributed by atoms with Crippen molar-refractivity contribution in [2.24, 2.45) is 13.0 Å².